The van der Waals surface area contributed by atoms with Gasteiger partial charge < -0.3 is 9.84 Å². The average molecular weight is 463 g/mol. The van der Waals surface area contributed by atoms with E-state index in [4.69, 9.17) is 16.3 Å². The van der Waals surface area contributed by atoms with Crippen molar-refractivity contribution in [3.05, 3.63) is 94.3 Å². The number of carbonyl (C=O) groups excluding carboxylic acids is 2. The van der Waals surface area contributed by atoms with Crippen molar-refractivity contribution in [3.8, 4) is 5.75 Å². The highest BCUT2D eigenvalue weighted by Crippen LogP contribution is 2.43. The van der Waals surface area contributed by atoms with Crippen molar-refractivity contribution >= 4 is 34.7 Å². The molecule has 7 heteroatoms. The smallest absolute Gasteiger partial charge is 0.300 e. The number of hydrogen-bond donors (Lipinski definition) is 1. The van der Waals surface area contributed by atoms with Gasteiger partial charge in [0.25, 0.3) is 11.7 Å². The lowest BCUT2D eigenvalue weighted by Gasteiger charge is -2.26. The minimum absolute atomic E-state index is 0.0194. The summed E-state index contributed by atoms with van der Waals surface area (Å²) in [5.41, 5.74) is 2.10. The van der Waals surface area contributed by atoms with E-state index >= 15 is 0 Å². The SMILES string of the molecule is Cc1c(Cl)cccc1N1C(=O)C(=O)/C(=C(/O)c2cccc(OC(C)C)c2)C1c1cccnc1. The van der Waals surface area contributed by atoms with E-state index in [0.717, 1.165) is 0 Å². The summed E-state index contributed by atoms with van der Waals surface area (Å²) >= 11 is 6.31. The van der Waals surface area contributed by atoms with Crippen molar-refractivity contribution in [2.24, 2.45) is 0 Å². The molecule has 0 radical (unpaired) electrons. The summed E-state index contributed by atoms with van der Waals surface area (Å²) < 4.78 is 5.73. The van der Waals surface area contributed by atoms with Gasteiger partial charge in [0.15, 0.2) is 0 Å². The van der Waals surface area contributed by atoms with Crippen LogP contribution in [0.15, 0.2) is 72.6 Å². The third-order valence-electron chi connectivity index (χ3n) is 5.42. The number of Topliss-reactive ketones (excluding diaryl/α,β-unsaturated/α-hetero) is 1. The summed E-state index contributed by atoms with van der Waals surface area (Å²) in [5, 5.41) is 11.7. The van der Waals surface area contributed by atoms with Gasteiger partial charge in [-0.25, -0.2) is 0 Å². The zero-order valence-corrected chi connectivity index (χ0v) is 19.2. The van der Waals surface area contributed by atoms with Crippen LogP contribution in [-0.4, -0.2) is 27.9 Å². The van der Waals surface area contributed by atoms with E-state index in [2.05, 4.69) is 4.98 Å². The van der Waals surface area contributed by atoms with E-state index in [9.17, 15) is 14.7 Å². The van der Waals surface area contributed by atoms with Gasteiger partial charge in [-0.2, -0.15) is 0 Å². The Morgan fingerprint density at radius 1 is 1.12 bits per heavy atom. The first-order valence-electron chi connectivity index (χ1n) is 10.5. The number of carbonyl (C=O) groups is 2. The van der Waals surface area contributed by atoms with Crippen molar-refractivity contribution in [1.29, 1.82) is 0 Å². The van der Waals surface area contributed by atoms with Gasteiger partial charge in [-0.05, 0) is 62.2 Å². The fourth-order valence-corrected chi connectivity index (χ4v) is 4.11. The maximum atomic E-state index is 13.3. The lowest BCUT2D eigenvalue weighted by Crippen LogP contribution is -2.30. The van der Waals surface area contributed by atoms with Crippen LogP contribution >= 0.6 is 11.6 Å². The van der Waals surface area contributed by atoms with Crippen LogP contribution in [0.5, 0.6) is 5.75 Å². The third-order valence-corrected chi connectivity index (χ3v) is 5.83. The van der Waals surface area contributed by atoms with Gasteiger partial charge in [-0.1, -0.05) is 35.9 Å². The maximum Gasteiger partial charge on any atom is 0.300 e. The lowest BCUT2D eigenvalue weighted by atomic mass is 9.96. The summed E-state index contributed by atoms with van der Waals surface area (Å²) in [6.45, 7) is 5.58. The van der Waals surface area contributed by atoms with E-state index in [1.54, 1.807) is 73.9 Å². The molecule has 1 saturated heterocycles. The Morgan fingerprint density at radius 2 is 1.88 bits per heavy atom. The molecule has 0 spiro atoms. The Hall–Kier alpha value is -3.64. The molecule has 1 N–H and O–H groups in total. The van der Waals surface area contributed by atoms with Gasteiger partial charge in [0.2, 0.25) is 0 Å². The van der Waals surface area contributed by atoms with E-state index in [0.29, 0.717) is 33.1 Å². The fourth-order valence-electron chi connectivity index (χ4n) is 3.94. The number of ether oxygens (including phenoxy) is 1. The molecule has 33 heavy (non-hydrogen) atoms. The van der Waals surface area contributed by atoms with Crippen molar-refractivity contribution in [1.82, 2.24) is 4.98 Å². The number of nitrogens with zero attached hydrogens (tertiary/aromatic N) is 2. The van der Waals surface area contributed by atoms with Crippen LogP contribution < -0.4 is 9.64 Å². The summed E-state index contributed by atoms with van der Waals surface area (Å²) in [6, 6.07) is 14.6. The van der Waals surface area contributed by atoms with Crippen molar-refractivity contribution in [2.45, 2.75) is 32.9 Å². The molecule has 4 rings (SSSR count). The van der Waals surface area contributed by atoms with Crippen LogP contribution in [0.25, 0.3) is 5.76 Å². The van der Waals surface area contributed by atoms with Gasteiger partial charge in [0.05, 0.1) is 17.7 Å². The molecule has 6 nitrogen and oxygen atoms in total. The van der Waals surface area contributed by atoms with Crippen molar-refractivity contribution in [3.63, 3.8) is 0 Å². The van der Waals surface area contributed by atoms with Crippen LogP contribution in [0.3, 0.4) is 0 Å². The Balaban J connectivity index is 1.93. The molecular weight excluding hydrogens is 440 g/mol. The van der Waals surface area contributed by atoms with E-state index in [-0.39, 0.29) is 17.4 Å². The average Bonchev–Trinajstić information content (AvgIpc) is 3.06. The van der Waals surface area contributed by atoms with Gasteiger partial charge >= 0.3 is 0 Å². The topological polar surface area (TPSA) is 79.7 Å². The molecule has 168 valence electrons. The zero-order valence-electron chi connectivity index (χ0n) is 18.4. The number of rotatable bonds is 5. The highest BCUT2D eigenvalue weighted by atomic mass is 35.5. The fraction of sp³-hybridized carbons (Fsp3) is 0.192. The second-order valence-electron chi connectivity index (χ2n) is 8.03. The molecular formula is C26H23ClN2O4. The number of aromatic nitrogens is 1. The van der Waals surface area contributed by atoms with Gasteiger partial charge in [-0.3, -0.25) is 19.5 Å². The normalized spacial score (nSPS) is 17.6. The second-order valence-corrected chi connectivity index (χ2v) is 8.44. The van der Waals surface area contributed by atoms with E-state index < -0.39 is 17.7 Å². The summed E-state index contributed by atoms with van der Waals surface area (Å²) in [6.07, 6.45) is 3.12. The maximum absolute atomic E-state index is 13.3. The first kappa shape index (κ1) is 22.6. The van der Waals surface area contributed by atoms with Gasteiger partial charge in [0.1, 0.15) is 11.5 Å². The first-order chi connectivity index (χ1) is 15.8. The van der Waals surface area contributed by atoms with Gasteiger partial charge in [-0.15, -0.1) is 0 Å². The van der Waals surface area contributed by atoms with Crippen LogP contribution in [0.1, 0.15) is 36.6 Å². The molecule has 0 saturated carbocycles. The molecule has 1 aromatic heterocycles. The monoisotopic (exact) mass is 462 g/mol. The molecule has 1 aliphatic heterocycles. The molecule has 0 aliphatic carbocycles. The quantitative estimate of drug-likeness (QED) is 0.309. The number of ketones is 1. The molecule has 1 unspecified atom stereocenters. The summed E-state index contributed by atoms with van der Waals surface area (Å²) in [4.78, 5) is 32.0. The molecule has 3 aromatic rings. The molecule has 2 aromatic carbocycles. The van der Waals surface area contributed by atoms with Crippen molar-refractivity contribution < 1.29 is 19.4 Å². The highest BCUT2D eigenvalue weighted by molar-refractivity contribution is 6.52. The van der Waals surface area contributed by atoms with Crippen molar-refractivity contribution in [2.75, 3.05) is 4.90 Å². The minimum atomic E-state index is -0.870. The Morgan fingerprint density at radius 3 is 2.58 bits per heavy atom. The minimum Gasteiger partial charge on any atom is -0.507 e. The zero-order chi connectivity index (χ0) is 23.7. The molecule has 0 bridgehead atoms. The largest absolute Gasteiger partial charge is 0.507 e. The standard InChI is InChI=1S/C26H23ClN2O4/c1-15(2)33-19-9-4-7-17(13-19)24(30)22-23(18-8-6-12-28-14-18)29(26(32)25(22)31)21-11-5-10-20(27)16(21)3/h4-15,23,30H,1-3H3/b24-22+. The second kappa shape index (κ2) is 9.08. The number of pyridine rings is 1. The summed E-state index contributed by atoms with van der Waals surface area (Å²) in [5.74, 6) is -1.26. The third kappa shape index (κ3) is 4.22. The number of halogens is 1. The number of aliphatic hydroxyl groups is 1. The predicted octanol–water partition coefficient (Wildman–Crippen LogP) is 5.46. The van der Waals surface area contributed by atoms with Crippen LogP contribution in [-0.2, 0) is 9.59 Å². The van der Waals surface area contributed by atoms with Crippen LogP contribution in [0, 0.1) is 6.92 Å². The molecule has 1 fully saturated rings. The number of hydrogen-bond acceptors (Lipinski definition) is 5. The first-order valence-corrected chi connectivity index (χ1v) is 10.9. The molecule has 1 aliphatic rings. The molecule has 1 amide bonds. The Kier molecular flexibility index (Phi) is 6.20. The lowest BCUT2D eigenvalue weighted by molar-refractivity contribution is -0.132. The highest BCUT2D eigenvalue weighted by Gasteiger charge is 2.47. The van der Waals surface area contributed by atoms with Crippen LogP contribution in [0.4, 0.5) is 5.69 Å². The van der Waals surface area contributed by atoms with E-state index in [1.165, 1.54) is 4.90 Å². The Labute approximate surface area is 197 Å². The molecule has 2 heterocycles. The number of benzene rings is 2. The Bertz CT molecular complexity index is 1250. The number of anilines is 1. The number of amides is 1. The summed E-state index contributed by atoms with van der Waals surface area (Å²) in [7, 11) is 0. The van der Waals surface area contributed by atoms with Crippen LogP contribution in [0.2, 0.25) is 5.02 Å². The van der Waals surface area contributed by atoms with Gasteiger partial charge in [0, 0.05) is 28.7 Å². The van der Waals surface area contributed by atoms with E-state index in [1.807, 2.05) is 13.8 Å². The predicted molar refractivity (Wildman–Crippen MR) is 127 cm³/mol. The number of aliphatic hydroxyl groups excluding tert-OH is 1. The molecule has 1 atom stereocenters.